The van der Waals surface area contributed by atoms with Crippen LogP contribution in [0, 0.1) is 0 Å². The molecule has 1 aliphatic rings. The molecule has 1 aliphatic heterocycles. The molecule has 0 radical (unpaired) electrons. The molecule has 1 aromatic carbocycles. The molecule has 0 unspecified atom stereocenters. The number of carbonyl (C=O) groups is 1. The Labute approximate surface area is 191 Å². The fraction of sp³-hybridized carbons (Fsp3) is 0.577. The Morgan fingerprint density at radius 1 is 0.969 bits per heavy atom. The highest BCUT2D eigenvalue weighted by Crippen LogP contribution is 2.39. The summed E-state index contributed by atoms with van der Waals surface area (Å²) < 4.78 is 11.3. The highest BCUT2D eigenvalue weighted by Gasteiger charge is 2.52. The van der Waals surface area contributed by atoms with E-state index in [4.69, 9.17) is 9.47 Å². The summed E-state index contributed by atoms with van der Waals surface area (Å²) in [6, 6.07) is 7.18. The lowest BCUT2D eigenvalue weighted by atomic mass is 9.93. The zero-order valence-corrected chi connectivity index (χ0v) is 19.6. The van der Waals surface area contributed by atoms with E-state index in [1.807, 2.05) is 24.5 Å². The van der Waals surface area contributed by atoms with Gasteiger partial charge in [0.25, 0.3) is 0 Å². The summed E-state index contributed by atoms with van der Waals surface area (Å²) in [5.74, 6) is -1.37. The quantitative estimate of drug-likeness (QED) is 0.415. The molecular formula is C26H36N2O4. The SMILES string of the molecule is CCCCCCCCCCc1cnc(-c2ccc([C@]3(C(=O)O)COC(C)(C)O3)cc2)nc1. The Balaban J connectivity index is 1.54. The van der Waals surface area contributed by atoms with Crippen LogP contribution in [0.2, 0.25) is 0 Å². The number of nitrogens with zero attached hydrogens (tertiary/aromatic N) is 2. The number of carboxylic acids is 1. The maximum absolute atomic E-state index is 12.0. The van der Waals surface area contributed by atoms with Crippen molar-refractivity contribution in [3.8, 4) is 11.4 Å². The smallest absolute Gasteiger partial charge is 0.343 e. The summed E-state index contributed by atoms with van der Waals surface area (Å²) in [5.41, 5.74) is 1.04. The lowest BCUT2D eigenvalue weighted by Crippen LogP contribution is -2.39. The molecule has 0 bridgehead atoms. The zero-order valence-electron chi connectivity index (χ0n) is 19.6. The molecule has 2 aromatic rings. The molecule has 3 rings (SSSR count). The molecule has 1 N–H and O–H groups in total. The number of aliphatic carboxylic acids is 1. The van der Waals surface area contributed by atoms with Crippen molar-refractivity contribution in [2.45, 2.75) is 89.9 Å². The molecule has 1 atom stereocenters. The van der Waals surface area contributed by atoms with Crippen molar-refractivity contribution in [1.29, 1.82) is 0 Å². The molecule has 0 spiro atoms. The molecule has 1 fully saturated rings. The van der Waals surface area contributed by atoms with Crippen LogP contribution >= 0.6 is 0 Å². The predicted octanol–water partition coefficient (Wildman–Crippen LogP) is 5.89. The van der Waals surface area contributed by atoms with Gasteiger partial charge in [-0.1, -0.05) is 76.1 Å². The first-order valence-corrected chi connectivity index (χ1v) is 11.9. The van der Waals surface area contributed by atoms with Gasteiger partial charge >= 0.3 is 5.97 Å². The van der Waals surface area contributed by atoms with Gasteiger partial charge in [-0.2, -0.15) is 0 Å². The third kappa shape index (κ3) is 6.14. The van der Waals surface area contributed by atoms with Crippen molar-refractivity contribution >= 4 is 5.97 Å². The number of hydrogen-bond acceptors (Lipinski definition) is 5. The fourth-order valence-electron chi connectivity index (χ4n) is 4.11. The van der Waals surface area contributed by atoms with Gasteiger partial charge in [-0.25, -0.2) is 14.8 Å². The number of aromatic nitrogens is 2. The second-order valence-corrected chi connectivity index (χ2v) is 9.14. The van der Waals surface area contributed by atoms with Crippen molar-refractivity contribution < 1.29 is 19.4 Å². The number of rotatable bonds is 12. The largest absolute Gasteiger partial charge is 0.479 e. The lowest BCUT2D eigenvalue weighted by Gasteiger charge is -2.25. The molecule has 1 aromatic heterocycles. The highest BCUT2D eigenvalue weighted by atomic mass is 16.8. The monoisotopic (exact) mass is 440 g/mol. The van der Waals surface area contributed by atoms with E-state index in [1.54, 1.807) is 26.0 Å². The van der Waals surface area contributed by atoms with Crippen molar-refractivity contribution in [3.63, 3.8) is 0 Å². The van der Waals surface area contributed by atoms with Gasteiger partial charge < -0.3 is 14.6 Å². The van der Waals surface area contributed by atoms with E-state index in [9.17, 15) is 9.90 Å². The first-order chi connectivity index (χ1) is 15.4. The first kappa shape index (κ1) is 24.3. The summed E-state index contributed by atoms with van der Waals surface area (Å²) in [6.07, 6.45) is 15.2. The molecule has 32 heavy (non-hydrogen) atoms. The van der Waals surface area contributed by atoms with Gasteiger partial charge in [-0.3, -0.25) is 0 Å². The number of carboxylic acid groups (broad SMARTS) is 1. The topological polar surface area (TPSA) is 81.5 Å². The molecule has 0 aliphatic carbocycles. The predicted molar refractivity (Wildman–Crippen MR) is 124 cm³/mol. The summed E-state index contributed by atoms with van der Waals surface area (Å²) in [4.78, 5) is 21.0. The fourth-order valence-corrected chi connectivity index (χ4v) is 4.11. The third-order valence-electron chi connectivity index (χ3n) is 6.02. The first-order valence-electron chi connectivity index (χ1n) is 11.9. The molecule has 174 valence electrons. The van der Waals surface area contributed by atoms with Gasteiger partial charge in [0.1, 0.15) is 0 Å². The van der Waals surface area contributed by atoms with Crippen molar-refractivity contribution in [1.82, 2.24) is 9.97 Å². The van der Waals surface area contributed by atoms with Gasteiger partial charge in [0.2, 0.25) is 5.60 Å². The summed E-state index contributed by atoms with van der Waals surface area (Å²) in [6.45, 7) is 5.65. The Hall–Kier alpha value is -2.31. The van der Waals surface area contributed by atoms with E-state index >= 15 is 0 Å². The number of hydrogen-bond donors (Lipinski definition) is 1. The number of unbranched alkanes of at least 4 members (excludes halogenated alkanes) is 7. The average Bonchev–Trinajstić information content (AvgIpc) is 3.13. The molecule has 1 saturated heterocycles. The minimum atomic E-state index is -1.50. The van der Waals surface area contributed by atoms with E-state index in [0.717, 1.165) is 17.5 Å². The summed E-state index contributed by atoms with van der Waals surface area (Å²) in [5, 5.41) is 9.79. The molecule has 6 heteroatoms. The molecule has 0 amide bonds. The Morgan fingerprint density at radius 2 is 1.56 bits per heavy atom. The van der Waals surface area contributed by atoms with E-state index in [-0.39, 0.29) is 6.61 Å². The van der Waals surface area contributed by atoms with Gasteiger partial charge in [-0.15, -0.1) is 0 Å². The van der Waals surface area contributed by atoms with Crippen LogP contribution in [-0.4, -0.2) is 33.4 Å². The Bertz CT molecular complexity index is 864. The Kier molecular flexibility index (Phi) is 8.38. The van der Waals surface area contributed by atoms with Crippen LogP contribution in [0.25, 0.3) is 11.4 Å². The van der Waals surface area contributed by atoms with E-state index in [1.165, 1.54) is 51.4 Å². The van der Waals surface area contributed by atoms with Crippen LogP contribution in [0.15, 0.2) is 36.7 Å². The Morgan fingerprint density at radius 3 is 2.09 bits per heavy atom. The summed E-state index contributed by atoms with van der Waals surface area (Å²) >= 11 is 0. The number of benzene rings is 1. The third-order valence-corrected chi connectivity index (χ3v) is 6.02. The number of ether oxygens (including phenoxy) is 2. The average molecular weight is 441 g/mol. The molecule has 2 heterocycles. The lowest BCUT2D eigenvalue weighted by molar-refractivity contribution is -0.187. The molecule has 0 saturated carbocycles. The second-order valence-electron chi connectivity index (χ2n) is 9.14. The van der Waals surface area contributed by atoms with Crippen molar-refractivity contribution in [2.24, 2.45) is 0 Å². The van der Waals surface area contributed by atoms with Crippen LogP contribution in [0.4, 0.5) is 0 Å². The maximum atomic E-state index is 12.0. The van der Waals surface area contributed by atoms with Gasteiger partial charge in [0.15, 0.2) is 11.6 Å². The summed E-state index contributed by atoms with van der Waals surface area (Å²) in [7, 11) is 0. The van der Waals surface area contributed by atoms with Crippen LogP contribution in [0.5, 0.6) is 0 Å². The maximum Gasteiger partial charge on any atom is 0.343 e. The second kappa shape index (κ2) is 11.0. The van der Waals surface area contributed by atoms with Crippen LogP contribution in [0.1, 0.15) is 83.3 Å². The zero-order chi connectivity index (χ0) is 23.0. The van der Waals surface area contributed by atoms with E-state index in [2.05, 4.69) is 16.9 Å². The highest BCUT2D eigenvalue weighted by molar-refractivity contribution is 5.80. The standard InChI is InChI=1S/C26H36N2O4/c1-4-5-6-7-8-9-10-11-12-20-17-27-23(28-18-20)21-13-15-22(16-14-21)26(24(29)30)19-31-25(2,3)32-26/h13-18H,4-12,19H2,1-3H3,(H,29,30)/t26-/m0/s1. The molecule has 6 nitrogen and oxygen atoms in total. The van der Waals surface area contributed by atoms with E-state index < -0.39 is 17.4 Å². The molecular weight excluding hydrogens is 404 g/mol. The van der Waals surface area contributed by atoms with E-state index in [0.29, 0.717) is 11.4 Å². The minimum absolute atomic E-state index is 0.0291. The van der Waals surface area contributed by atoms with Gasteiger partial charge in [0, 0.05) is 18.0 Å². The van der Waals surface area contributed by atoms with Crippen LogP contribution in [0.3, 0.4) is 0 Å². The van der Waals surface area contributed by atoms with Crippen molar-refractivity contribution in [2.75, 3.05) is 6.61 Å². The number of aryl methyl sites for hydroxylation is 1. The normalized spacial score (nSPS) is 19.8. The van der Waals surface area contributed by atoms with Crippen LogP contribution in [-0.2, 0) is 26.3 Å². The van der Waals surface area contributed by atoms with Crippen LogP contribution < -0.4 is 0 Å². The van der Waals surface area contributed by atoms with Gasteiger partial charge in [0.05, 0.1) is 6.61 Å². The van der Waals surface area contributed by atoms with Crippen molar-refractivity contribution in [3.05, 3.63) is 47.8 Å². The minimum Gasteiger partial charge on any atom is -0.479 e. The van der Waals surface area contributed by atoms with Gasteiger partial charge in [-0.05, 0) is 37.8 Å².